The Bertz CT molecular complexity index is 383. The molecule has 1 aliphatic carbocycles. The third-order valence-corrected chi connectivity index (χ3v) is 4.49. The zero-order valence-electron chi connectivity index (χ0n) is 11.2. The molecule has 0 amide bonds. The van der Waals surface area contributed by atoms with E-state index in [1.54, 1.807) is 6.33 Å². The summed E-state index contributed by atoms with van der Waals surface area (Å²) in [4.78, 5) is 4.36. The van der Waals surface area contributed by atoms with Gasteiger partial charge in [-0.2, -0.15) is 5.10 Å². The third kappa shape index (κ3) is 2.23. The molecule has 4 nitrogen and oxygen atoms in total. The molecule has 0 saturated heterocycles. The summed E-state index contributed by atoms with van der Waals surface area (Å²) in [6.07, 6.45) is 7.32. The topological polar surface area (TPSA) is 56.7 Å². The number of hydrogen-bond donors (Lipinski definition) is 1. The molecule has 1 atom stereocenters. The molecule has 1 saturated carbocycles. The predicted octanol–water partition coefficient (Wildman–Crippen LogP) is 2.14. The Hall–Kier alpha value is -0.900. The molecule has 0 radical (unpaired) electrons. The van der Waals surface area contributed by atoms with Crippen LogP contribution in [0, 0.1) is 5.41 Å². The normalized spacial score (nSPS) is 28.2. The number of aryl methyl sites for hydroxylation is 1. The van der Waals surface area contributed by atoms with Crippen LogP contribution in [0.2, 0.25) is 0 Å². The molecule has 2 rings (SSSR count). The van der Waals surface area contributed by atoms with Crippen LogP contribution in [0.3, 0.4) is 0 Å². The van der Waals surface area contributed by atoms with Crippen molar-refractivity contribution in [3.63, 3.8) is 0 Å². The maximum absolute atomic E-state index is 6.67. The molecule has 17 heavy (non-hydrogen) atoms. The molecule has 0 spiro atoms. The Labute approximate surface area is 104 Å². The molecule has 2 N–H and O–H groups in total. The van der Waals surface area contributed by atoms with Gasteiger partial charge >= 0.3 is 0 Å². The third-order valence-electron chi connectivity index (χ3n) is 4.49. The number of aromatic nitrogens is 3. The van der Waals surface area contributed by atoms with Crippen LogP contribution in [-0.2, 0) is 13.0 Å². The Morgan fingerprint density at radius 3 is 2.71 bits per heavy atom. The maximum atomic E-state index is 6.67. The summed E-state index contributed by atoms with van der Waals surface area (Å²) in [5.41, 5.74) is 6.73. The lowest BCUT2D eigenvalue weighted by Crippen LogP contribution is -2.56. The maximum Gasteiger partial charge on any atom is 0.138 e. The molecule has 1 aromatic rings. The van der Waals surface area contributed by atoms with E-state index in [2.05, 4.69) is 30.9 Å². The highest BCUT2D eigenvalue weighted by Gasteiger charge is 2.44. The highest BCUT2D eigenvalue weighted by atomic mass is 15.3. The van der Waals surface area contributed by atoms with Crippen LogP contribution in [0.1, 0.15) is 52.3 Å². The first kappa shape index (κ1) is 12.6. The van der Waals surface area contributed by atoms with Crippen LogP contribution in [0.25, 0.3) is 0 Å². The van der Waals surface area contributed by atoms with Gasteiger partial charge in [0.1, 0.15) is 12.2 Å². The average Bonchev–Trinajstić information content (AvgIpc) is 2.70. The van der Waals surface area contributed by atoms with Gasteiger partial charge in [0, 0.05) is 18.5 Å². The second-order valence-corrected chi connectivity index (χ2v) is 5.92. The molecule has 4 heteroatoms. The van der Waals surface area contributed by atoms with Gasteiger partial charge in [-0.3, -0.25) is 4.68 Å². The van der Waals surface area contributed by atoms with E-state index in [0.29, 0.717) is 0 Å². The van der Waals surface area contributed by atoms with Crippen LogP contribution < -0.4 is 5.73 Å². The summed E-state index contributed by atoms with van der Waals surface area (Å²) >= 11 is 0. The van der Waals surface area contributed by atoms with Gasteiger partial charge in [0.2, 0.25) is 0 Å². The minimum atomic E-state index is -0.134. The summed E-state index contributed by atoms with van der Waals surface area (Å²) in [6.45, 7) is 7.54. The smallest absolute Gasteiger partial charge is 0.138 e. The molecule has 1 aromatic heterocycles. The number of nitrogens with zero attached hydrogens (tertiary/aromatic N) is 3. The van der Waals surface area contributed by atoms with Gasteiger partial charge in [0.05, 0.1) is 0 Å². The van der Waals surface area contributed by atoms with Crippen molar-refractivity contribution in [3.8, 4) is 0 Å². The molecular formula is C13H24N4. The zero-order chi connectivity index (χ0) is 12.5. The summed E-state index contributed by atoms with van der Waals surface area (Å²) in [5, 5.41) is 4.23. The lowest BCUT2D eigenvalue weighted by atomic mass is 9.62. The summed E-state index contributed by atoms with van der Waals surface area (Å²) < 4.78 is 1.96. The van der Waals surface area contributed by atoms with Crippen molar-refractivity contribution in [3.05, 3.63) is 12.2 Å². The van der Waals surface area contributed by atoms with Gasteiger partial charge in [0.25, 0.3) is 0 Å². The Morgan fingerprint density at radius 1 is 1.35 bits per heavy atom. The Balaban J connectivity index is 2.21. The summed E-state index contributed by atoms with van der Waals surface area (Å²) in [7, 11) is 0. The van der Waals surface area contributed by atoms with Crippen LogP contribution in [0.4, 0.5) is 0 Å². The average molecular weight is 236 g/mol. The van der Waals surface area contributed by atoms with E-state index in [1.165, 1.54) is 19.3 Å². The van der Waals surface area contributed by atoms with Gasteiger partial charge < -0.3 is 5.73 Å². The molecule has 0 aromatic carbocycles. The lowest BCUT2D eigenvalue weighted by molar-refractivity contribution is 0.0960. The molecule has 1 unspecified atom stereocenters. The van der Waals surface area contributed by atoms with Crippen molar-refractivity contribution in [1.29, 1.82) is 0 Å². The van der Waals surface area contributed by atoms with Crippen molar-refractivity contribution in [1.82, 2.24) is 14.8 Å². The first-order valence-corrected chi connectivity index (χ1v) is 6.64. The number of nitrogens with two attached hydrogens (primary N) is 1. The molecule has 0 aliphatic heterocycles. The fourth-order valence-electron chi connectivity index (χ4n) is 2.89. The van der Waals surface area contributed by atoms with E-state index in [9.17, 15) is 0 Å². The van der Waals surface area contributed by atoms with E-state index >= 15 is 0 Å². The quantitative estimate of drug-likeness (QED) is 0.874. The van der Waals surface area contributed by atoms with Crippen molar-refractivity contribution in [2.75, 3.05) is 0 Å². The van der Waals surface area contributed by atoms with Gasteiger partial charge in [0.15, 0.2) is 0 Å². The van der Waals surface area contributed by atoms with E-state index in [4.69, 9.17) is 5.73 Å². The molecule has 0 bridgehead atoms. The van der Waals surface area contributed by atoms with Crippen LogP contribution in [0.15, 0.2) is 6.33 Å². The fraction of sp³-hybridized carbons (Fsp3) is 0.846. The van der Waals surface area contributed by atoms with E-state index < -0.39 is 0 Å². The predicted molar refractivity (Wildman–Crippen MR) is 68.6 cm³/mol. The molecule has 96 valence electrons. The highest BCUT2D eigenvalue weighted by molar-refractivity contribution is 5.06. The number of rotatable bonds is 3. The second kappa shape index (κ2) is 4.41. The zero-order valence-corrected chi connectivity index (χ0v) is 11.2. The fourth-order valence-corrected chi connectivity index (χ4v) is 2.89. The van der Waals surface area contributed by atoms with Crippen molar-refractivity contribution in [2.45, 2.75) is 65.0 Å². The van der Waals surface area contributed by atoms with Gasteiger partial charge in [-0.1, -0.05) is 26.7 Å². The minimum Gasteiger partial charge on any atom is -0.324 e. The minimum absolute atomic E-state index is 0.134. The van der Waals surface area contributed by atoms with Crippen molar-refractivity contribution >= 4 is 0 Å². The van der Waals surface area contributed by atoms with Crippen LogP contribution in [-0.4, -0.2) is 20.3 Å². The molecule has 1 aliphatic rings. The number of hydrogen-bond acceptors (Lipinski definition) is 3. The largest absolute Gasteiger partial charge is 0.324 e. The first-order valence-electron chi connectivity index (χ1n) is 6.64. The van der Waals surface area contributed by atoms with E-state index in [0.717, 1.165) is 25.2 Å². The van der Waals surface area contributed by atoms with Crippen LogP contribution >= 0.6 is 0 Å². The Morgan fingerprint density at radius 2 is 2.06 bits per heavy atom. The standard InChI is InChI=1S/C13H24N4/c1-4-17-11(15-10-16-17)9-13(14)8-6-5-7-12(13,2)3/h10H,4-9,14H2,1-3H3. The monoisotopic (exact) mass is 236 g/mol. The van der Waals surface area contributed by atoms with Crippen molar-refractivity contribution in [2.24, 2.45) is 11.1 Å². The van der Waals surface area contributed by atoms with Crippen LogP contribution in [0.5, 0.6) is 0 Å². The van der Waals surface area contributed by atoms with Gasteiger partial charge in [-0.15, -0.1) is 0 Å². The van der Waals surface area contributed by atoms with Crippen molar-refractivity contribution < 1.29 is 0 Å². The van der Waals surface area contributed by atoms with E-state index in [-0.39, 0.29) is 11.0 Å². The second-order valence-electron chi connectivity index (χ2n) is 5.92. The Kier molecular flexibility index (Phi) is 3.25. The molecular weight excluding hydrogens is 212 g/mol. The first-order chi connectivity index (χ1) is 7.98. The van der Waals surface area contributed by atoms with Gasteiger partial charge in [-0.25, -0.2) is 4.98 Å². The summed E-state index contributed by atoms with van der Waals surface area (Å²) in [5.74, 6) is 1.03. The van der Waals surface area contributed by atoms with Gasteiger partial charge in [-0.05, 0) is 25.2 Å². The summed E-state index contributed by atoms with van der Waals surface area (Å²) in [6, 6.07) is 0. The molecule has 1 fully saturated rings. The van der Waals surface area contributed by atoms with E-state index in [1.807, 2.05) is 4.68 Å². The lowest BCUT2D eigenvalue weighted by Gasteiger charge is -2.47. The molecule has 1 heterocycles. The SMILES string of the molecule is CCn1ncnc1CC1(N)CCCCC1(C)C. The highest BCUT2D eigenvalue weighted by Crippen LogP contribution is 2.43.